The second kappa shape index (κ2) is 6.55. The van der Waals surface area contributed by atoms with Gasteiger partial charge in [-0.05, 0) is 30.2 Å². The van der Waals surface area contributed by atoms with Crippen LogP contribution >= 0.6 is 0 Å². The molecule has 1 aromatic carbocycles. The zero-order valence-electron chi connectivity index (χ0n) is 14.0. The zero-order chi connectivity index (χ0) is 18.1. The predicted molar refractivity (Wildman–Crippen MR) is 94.3 cm³/mol. The van der Waals surface area contributed by atoms with Crippen molar-refractivity contribution in [2.24, 2.45) is 0 Å². The Kier molecular flexibility index (Phi) is 4.08. The van der Waals surface area contributed by atoms with Gasteiger partial charge in [-0.15, -0.1) is 0 Å². The van der Waals surface area contributed by atoms with Gasteiger partial charge in [0.1, 0.15) is 6.54 Å². The van der Waals surface area contributed by atoms with Crippen LogP contribution in [0.25, 0.3) is 0 Å². The van der Waals surface area contributed by atoms with E-state index in [4.69, 9.17) is 0 Å². The third-order valence-corrected chi connectivity index (χ3v) is 4.77. The number of rotatable bonds is 3. The number of amides is 3. The molecular weight excluding hydrogens is 330 g/mol. The molecule has 0 N–H and O–H groups in total. The summed E-state index contributed by atoms with van der Waals surface area (Å²) in [7, 11) is 0. The van der Waals surface area contributed by atoms with Crippen molar-refractivity contribution >= 4 is 17.7 Å². The molecular formula is C20H17N3O3. The number of pyridine rings is 1. The van der Waals surface area contributed by atoms with Gasteiger partial charge < -0.3 is 4.90 Å². The van der Waals surface area contributed by atoms with Gasteiger partial charge in [-0.3, -0.25) is 24.3 Å². The van der Waals surface area contributed by atoms with Gasteiger partial charge in [0.15, 0.2) is 0 Å². The molecule has 0 aliphatic carbocycles. The van der Waals surface area contributed by atoms with E-state index in [9.17, 15) is 14.4 Å². The van der Waals surface area contributed by atoms with Gasteiger partial charge in [0.25, 0.3) is 11.8 Å². The zero-order valence-corrected chi connectivity index (χ0v) is 14.0. The van der Waals surface area contributed by atoms with Gasteiger partial charge in [0.05, 0.1) is 17.2 Å². The number of fused-ring (bicyclic) bond motifs is 1. The molecule has 1 unspecified atom stereocenters. The Hall–Kier alpha value is -3.28. The van der Waals surface area contributed by atoms with Crippen LogP contribution in [-0.4, -0.2) is 45.6 Å². The van der Waals surface area contributed by atoms with E-state index in [-0.39, 0.29) is 18.5 Å². The third-order valence-electron chi connectivity index (χ3n) is 4.77. The Balaban J connectivity index is 1.55. The van der Waals surface area contributed by atoms with E-state index in [1.165, 1.54) is 0 Å². The van der Waals surface area contributed by atoms with Crippen molar-refractivity contribution in [2.45, 2.75) is 12.5 Å². The maximum atomic E-state index is 12.9. The normalized spacial score (nSPS) is 19.0. The first-order valence-electron chi connectivity index (χ1n) is 8.46. The van der Waals surface area contributed by atoms with Crippen LogP contribution in [0.15, 0.2) is 60.9 Å². The van der Waals surface area contributed by atoms with Gasteiger partial charge in [0.2, 0.25) is 5.91 Å². The number of aromatic nitrogens is 1. The van der Waals surface area contributed by atoms with E-state index in [2.05, 4.69) is 4.98 Å². The maximum absolute atomic E-state index is 12.9. The molecule has 1 atom stereocenters. The molecule has 2 aliphatic heterocycles. The summed E-state index contributed by atoms with van der Waals surface area (Å²) in [4.78, 5) is 44.7. The first-order chi connectivity index (χ1) is 12.7. The van der Waals surface area contributed by atoms with Crippen molar-refractivity contribution in [2.75, 3.05) is 13.1 Å². The molecule has 6 nitrogen and oxygen atoms in total. The fourth-order valence-corrected chi connectivity index (χ4v) is 3.44. The molecule has 4 rings (SSSR count). The second-order valence-electron chi connectivity index (χ2n) is 6.30. The van der Waals surface area contributed by atoms with Gasteiger partial charge >= 0.3 is 0 Å². The van der Waals surface area contributed by atoms with Crippen LogP contribution in [0.3, 0.4) is 0 Å². The van der Waals surface area contributed by atoms with Crippen LogP contribution < -0.4 is 0 Å². The molecule has 0 fully saturated rings. The third kappa shape index (κ3) is 2.69. The van der Waals surface area contributed by atoms with E-state index >= 15 is 0 Å². The molecule has 2 aromatic rings. The molecule has 3 amide bonds. The molecule has 130 valence electrons. The molecule has 2 aliphatic rings. The summed E-state index contributed by atoms with van der Waals surface area (Å²) in [6.07, 6.45) is 8.06. The molecule has 3 heterocycles. The minimum atomic E-state index is -0.413. The summed E-state index contributed by atoms with van der Waals surface area (Å²) in [6.45, 7) is 0.193. The highest BCUT2D eigenvalue weighted by Gasteiger charge is 2.38. The fraction of sp³-hybridized carbons (Fsp3) is 0.200. The van der Waals surface area contributed by atoms with Crippen LogP contribution in [0.2, 0.25) is 0 Å². The Morgan fingerprint density at radius 2 is 1.77 bits per heavy atom. The summed E-state index contributed by atoms with van der Waals surface area (Å²) < 4.78 is 0. The molecule has 0 bridgehead atoms. The smallest absolute Gasteiger partial charge is 0.262 e. The van der Waals surface area contributed by atoms with Crippen molar-refractivity contribution in [3.05, 3.63) is 77.6 Å². The Bertz CT molecular complexity index is 873. The number of hydrogen-bond donors (Lipinski definition) is 0. The largest absolute Gasteiger partial charge is 0.330 e. The highest BCUT2D eigenvalue weighted by atomic mass is 16.2. The highest BCUT2D eigenvalue weighted by Crippen LogP contribution is 2.28. The summed E-state index contributed by atoms with van der Waals surface area (Å²) in [6, 6.07) is 10.3. The van der Waals surface area contributed by atoms with E-state index in [0.29, 0.717) is 24.1 Å². The highest BCUT2D eigenvalue weighted by molar-refractivity contribution is 6.22. The molecule has 6 heteroatoms. The minimum Gasteiger partial charge on any atom is -0.330 e. The van der Waals surface area contributed by atoms with Crippen LogP contribution in [0.1, 0.15) is 38.7 Å². The molecule has 0 radical (unpaired) electrons. The average molecular weight is 347 g/mol. The summed E-state index contributed by atoms with van der Waals surface area (Å²) >= 11 is 0. The molecule has 0 spiro atoms. The number of imide groups is 1. The van der Waals surface area contributed by atoms with Crippen molar-refractivity contribution < 1.29 is 14.4 Å². The van der Waals surface area contributed by atoms with Crippen LogP contribution in [0.5, 0.6) is 0 Å². The van der Waals surface area contributed by atoms with E-state index < -0.39 is 11.8 Å². The number of nitrogens with zero attached hydrogens (tertiary/aromatic N) is 3. The van der Waals surface area contributed by atoms with Crippen molar-refractivity contribution in [3.8, 4) is 0 Å². The average Bonchev–Trinajstić information content (AvgIpc) is 2.94. The standard InChI is InChI=1S/C20H17N3O3/c24-18(13-23-19(25)15-7-1-2-8-16(15)20(23)26)22-11-4-3-9-17(22)14-6-5-10-21-12-14/h1-8,10,12,17H,9,11,13H2. The minimum absolute atomic E-state index is 0.142. The SMILES string of the molecule is O=C1c2ccccc2C(=O)N1CC(=O)N1CC=CCC1c1cccnc1. The topological polar surface area (TPSA) is 70.6 Å². The lowest BCUT2D eigenvalue weighted by atomic mass is 10.0. The van der Waals surface area contributed by atoms with Crippen molar-refractivity contribution in [1.82, 2.24) is 14.8 Å². The Morgan fingerprint density at radius 1 is 1.04 bits per heavy atom. The number of hydrogen-bond acceptors (Lipinski definition) is 4. The number of benzene rings is 1. The molecule has 1 aromatic heterocycles. The van der Waals surface area contributed by atoms with Gasteiger partial charge in [0, 0.05) is 18.9 Å². The van der Waals surface area contributed by atoms with E-state index in [1.807, 2.05) is 24.3 Å². The Morgan fingerprint density at radius 3 is 2.42 bits per heavy atom. The summed E-state index contributed by atoms with van der Waals surface area (Å²) in [5, 5.41) is 0. The quantitative estimate of drug-likeness (QED) is 0.630. The predicted octanol–water partition coefficient (Wildman–Crippen LogP) is 2.21. The maximum Gasteiger partial charge on any atom is 0.262 e. The molecule has 0 saturated carbocycles. The van der Waals surface area contributed by atoms with E-state index in [0.717, 1.165) is 10.5 Å². The van der Waals surface area contributed by atoms with Gasteiger partial charge in [-0.2, -0.15) is 0 Å². The van der Waals surface area contributed by atoms with E-state index in [1.54, 1.807) is 41.6 Å². The number of carbonyl (C=O) groups is 3. The summed E-state index contributed by atoms with van der Waals surface area (Å²) in [5.41, 5.74) is 1.65. The van der Waals surface area contributed by atoms with Crippen LogP contribution in [0.4, 0.5) is 0 Å². The first kappa shape index (κ1) is 16.2. The fourth-order valence-electron chi connectivity index (χ4n) is 3.44. The Labute approximate surface area is 150 Å². The van der Waals surface area contributed by atoms with Crippen molar-refractivity contribution in [1.29, 1.82) is 0 Å². The first-order valence-corrected chi connectivity index (χ1v) is 8.46. The van der Waals surface area contributed by atoms with Crippen LogP contribution in [-0.2, 0) is 4.79 Å². The van der Waals surface area contributed by atoms with Gasteiger partial charge in [-0.25, -0.2) is 0 Å². The van der Waals surface area contributed by atoms with Gasteiger partial charge in [-0.1, -0.05) is 30.4 Å². The molecule has 0 saturated heterocycles. The summed E-state index contributed by atoms with van der Waals surface area (Å²) in [5.74, 6) is -1.08. The lowest BCUT2D eigenvalue weighted by Gasteiger charge is -2.34. The lowest BCUT2D eigenvalue weighted by Crippen LogP contribution is -2.45. The lowest BCUT2D eigenvalue weighted by molar-refractivity contribution is -0.133. The monoisotopic (exact) mass is 347 g/mol. The number of carbonyl (C=O) groups excluding carboxylic acids is 3. The van der Waals surface area contributed by atoms with Crippen molar-refractivity contribution in [3.63, 3.8) is 0 Å². The van der Waals surface area contributed by atoms with Crippen LogP contribution in [0, 0.1) is 0 Å². The molecule has 26 heavy (non-hydrogen) atoms. The second-order valence-corrected chi connectivity index (χ2v) is 6.30.